The smallest absolute Gasteiger partial charge is 0.307 e. The standard InChI is InChI=1S/C12H11Cl2N3O2S/c1-6-5-20-12(19)17(6)4-10(18)16-11-8(13)2-7(15)3-9(11)14/h2-3,5H,4,15H2,1H3,(H,16,18). The number of amides is 1. The average Bonchev–Trinajstić information content (AvgIpc) is 2.65. The van der Waals surface area contributed by atoms with Crippen molar-refractivity contribution in [2.75, 3.05) is 11.1 Å². The Kier molecular flexibility index (Phi) is 4.37. The van der Waals surface area contributed by atoms with Gasteiger partial charge in [-0.25, -0.2) is 0 Å². The lowest BCUT2D eigenvalue weighted by atomic mass is 10.2. The maximum atomic E-state index is 12.0. The number of rotatable bonds is 3. The molecule has 2 aromatic rings. The molecule has 1 heterocycles. The zero-order chi connectivity index (χ0) is 14.9. The van der Waals surface area contributed by atoms with Gasteiger partial charge < -0.3 is 11.1 Å². The van der Waals surface area contributed by atoms with E-state index in [0.717, 1.165) is 17.0 Å². The van der Waals surface area contributed by atoms with Gasteiger partial charge in [-0.3, -0.25) is 14.2 Å². The Labute approximate surface area is 128 Å². The van der Waals surface area contributed by atoms with Gasteiger partial charge in [-0.2, -0.15) is 0 Å². The molecule has 0 unspecified atom stereocenters. The number of carbonyl (C=O) groups is 1. The predicted octanol–water partition coefficient (Wildman–Crippen LogP) is 2.75. The molecule has 1 amide bonds. The molecule has 0 aliphatic carbocycles. The normalized spacial score (nSPS) is 10.6. The molecule has 1 aromatic heterocycles. The molecule has 8 heteroatoms. The largest absolute Gasteiger partial charge is 0.399 e. The number of hydrogen-bond donors (Lipinski definition) is 2. The quantitative estimate of drug-likeness (QED) is 0.849. The van der Waals surface area contributed by atoms with Crippen molar-refractivity contribution in [2.24, 2.45) is 0 Å². The maximum absolute atomic E-state index is 12.0. The molecule has 0 saturated carbocycles. The second kappa shape index (κ2) is 5.87. The Morgan fingerprint density at radius 1 is 1.40 bits per heavy atom. The SMILES string of the molecule is Cc1csc(=O)n1CC(=O)Nc1c(Cl)cc(N)cc1Cl. The molecule has 0 spiro atoms. The van der Waals surface area contributed by atoms with Crippen molar-refractivity contribution < 1.29 is 4.79 Å². The Hall–Kier alpha value is -1.50. The third-order valence-electron chi connectivity index (χ3n) is 2.61. The molecule has 0 atom stereocenters. The highest BCUT2D eigenvalue weighted by molar-refractivity contribution is 7.07. The van der Waals surface area contributed by atoms with Crippen molar-refractivity contribution in [1.29, 1.82) is 0 Å². The van der Waals surface area contributed by atoms with Crippen LogP contribution in [0.3, 0.4) is 0 Å². The maximum Gasteiger partial charge on any atom is 0.307 e. The molecule has 0 bridgehead atoms. The van der Waals surface area contributed by atoms with Gasteiger partial charge in [0.25, 0.3) is 0 Å². The summed E-state index contributed by atoms with van der Waals surface area (Å²) in [6, 6.07) is 2.98. The highest BCUT2D eigenvalue weighted by atomic mass is 35.5. The second-order valence-corrected chi connectivity index (χ2v) is 5.77. The number of carbonyl (C=O) groups excluding carboxylic acids is 1. The van der Waals surface area contributed by atoms with Crippen LogP contribution in [0, 0.1) is 6.92 Å². The molecule has 3 N–H and O–H groups in total. The van der Waals surface area contributed by atoms with Gasteiger partial charge in [0.1, 0.15) is 6.54 Å². The molecule has 0 fully saturated rings. The molecule has 0 radical (unpaired) electrons. The van der Waals surface area contributed by atoms with E-state index in [1.54, 1.807) is 12.3 Å². The summed E-state index contributed by atoms with van der Waals surface area (Å²) in [6.45, 7) is 1.67. The van der Waals surface area contributed by atoms with Gasteiger partial charge >= 0.3 is 4.87 Å². The first-order valence-corrected chi connectivity index (χ1v) is 7.21. The number of benzene rings is 1. The summed E-state index contributed by atoms with van der Waals surface area (Å²) in [5, 5.41) is 4.77. The number of nitrogen functional groups attached to an aromatic ring is 1. The molecule has 0 aliphatic rings. The van der Waals surface area contributed by atoms with Crippen LogP contribution in [0.15, 0.2) is 22.3 Å². The summed E-state index contributed by atoms with van der Waals surface area (Å²) < 4.78 is 1.37. The minimum Gasteiger partial charge on any atom is -0.399 e. The number of aryl methyl sites for hydroxylation is 1. The first-order chi connectivity index (χ1) is 9.38. The highest BCUT2D eigenvalue weighted by Gasteiger charge is 2.13. The molecular formula is C12H11Cl2N3O2S. The average molecular weight is 332 g/mol. The Morgan fingerprint density at radius 3 is 2.50 bits per heavy atom. The fourth-order valence-corrected chi connectivity index (χ4v) is 2.96. The van der Waals surface area contributed by atoms with Crippen LogP contribution in [-0.2, 0) is 11.3 Å². The molecule has 1 aromatic carbocycles. The lowest BCUT2D eigenvalue weighted by Crippen LogP contribution is -2.25. The van der Waals surface area contributed by atoms with E-state index in [0.29, 0.717) is 5.69 Å². The van der Waals surface area contributed by atoms with Crippen LogP contribution in [0.1, 0.15) is 5.69 Å². The van der Waals surface area contributed by atoms with Crippen LogP contribution >= 0.6 is 34.5 Å². The van der Waals surface area contributed by atoms with E-state index in [1.165, 1.54) is 16.7 Å². The topological polar surface area (TPSA) is 77.1 Å². The fourth-order valence-electron chi connectivity index (χ4n) is 1.63. The zero-order valence-corrected chi connectivity index (χ0v) is 12.8. The van der Waals surface area contributed by atoms with Crippen LogP contribution in [-0.4, -0.2) is 10.5 Å². The van der Waals surface area contributed by atoms with Gasteiger partial charge in [0.15, 0.2) is 0 Å². The van der Waals surface area contributed by atoms with E-state index in [4.69, 9.17) is 28.9 Å². The summed E-state index contributed by atoms with van der Waals surface area (Å²) in [7, 11) is 0. The van der Waals surface area contributed by atoms with E-state index >= 15 is 0 Å². The number of anilines is 2. The van der Waals surface area contributed by atoms with Crippen molar-refractivity contribution in [3.63, 3.8) is 0 Å². The summed E-state index contributed by atoms with van der Waals surface area (Å²) in [5.41, 5.74) is 7.00. The zero-order valence-electron chi connectivity index (χ0n) is 10.4. The van der Waals surface area contributed by atoms with Crippen LogP contribution in [0.25, 0.3) is 0 Å². The molecule has 5 nitrogen and oxygen atoms in total. The number of hydrogen-bond acceptors (Lipinski definition) is 4. The summed E-state index contributed by atoms with van der Waals surface area (Å²) in [6.07, 6.45) is 0. The van der Waals surface area contributed by atoms with E-state index < -0.39 is 0 Å². The van der Waals surface area contributed by atoms with E-state index in [2.05, 4.69) is 5.32 Å². The molecular weight excluding hydrogens is 321 g/mol. The molecule has 20 heavy (non-hydrogen) atoms. The number of nitrogens with zero attached hydrogens (tertiary/aromatic N) is 1. The predicted molar refractivity (Wildman–Crippen MR) is 82.8 cm³/mol. The number of thiazole rings is 1. The highest BCUT2D eigenvalue weighted by Crippen LogP contribution is 2.32. The minimum absolute atomic E-state index is 0.0921. The first-order valence-electron chi connectivity index (χ1n) is 5.58. The van der Waals surface area contributed by atoms with Crippen molar-refractivity contribution >= 4 is 51.8 Å². The summed E-state index contributed by atoms with van der Waals surface area (Å²) >= 11 is 13.0. The van der Waals surface area contributed by atoms with Gasteiger partial charge in [0, 0.05) is 16.8 Å². The number of nitrogens with two attached hydrogens (primary N) is 1. The Morgan fingerprint density at radius 2 is 2.00 bits per heavy atom. The van der Waals surface area contributed by atoms with Crippen LogP contribution < -0.4 is 15.9 Å². The molecule has 0 saturated heterocycles. The Bertz CT molecular complexity index is 701. The molecule has 0 aliphatic heterocycles. The van der Waals surface area contributed by atoms with Crippen LogP contribution in [0.2, 0.25) is 10.0 Å². The van der Waals surface area contributed by atoms with Crippen molar-refractivity contribution in [2.45, 2.75) is 13.5 Å². The van der Waals surface area contributed by atoms with Gasteiger partial charge in [-0.15, -0.1) is 0 Å². The first kappa shape index (κ1) is 14.9. The monoisotopic (exact) mass is 331 g/mol. The third-order valence-corrected chi connectivity index (χ3v) is 4.08. The fraction of sp³-hybridized carbons (Fsp3) is 0.167. The van der Waals surface area contributed by atoms with Crippen molar-refractivity contribution in [3.05, 3.63) is 42.9 Å². The van der Waals surface area contributed by atoms with Gasteiger partial charge in [0.2, 0.25) is 5.91 Å². The van der Waals surface area contributed by atoms with Gasteiger partial charge in [0.05, 0.1) is 15.7 Å². The van der Waals surface area contributed by atoms with Gasteiger partial charge in [-0.05, 0) is 19.1 Å². The number of nitrogens with one attached hydrogen (secondary N) is 1. The Balaban J connectivity index is 2.19. The van der Waals surface area contributed by atoms with E-state index in [9.17, 15) is 9.59 Å². The van der Waals surface area contributed by atoms with Crippen LogP contribution in [0.4, 0.5) is 11.4 Å². The van der Waals surface area contributed by atoms with Gasteiger partial charge in [-0.1, -0.05) is 34.5 Å². The van der Waals surface area contributed by atoms with Crippen molar-refractivity contribution in [1.82, 2.24) is 4.57 Å². The second-order valence-electron chi connectivity index (χ2n) is 4.14. The number of aromatic nitrogens is 1. The summed E-state index contributed by atoms with van der Waals surface area (Å²) in [5.74, 6) is -0.387. The van der Waals surface area contributed by atoms with Crippen LogP contribution in [0.5, 0.6) is 0 Å². The lowest BCUT2D eigenvalue weighted by molar-refractivity contribution is -0.116. The third kappa shape index (κ3) is 3.15. The lowest BCUT2D eigenvalue weighted by Gasteiger charge is -2.11. The summed E-state index contributed by atoms with van der Waals surface area (Å²) in [4.78, 5) is 23.3. The molecule has 2 rings (SSSR count). The van der Waals surface area contributed by atoms with E-state index in [-0.39, 0.29) is 33.1 Å². The van der Waals surface area contributed by atoms with Crippen molar-refractivity contribution in [3.8, 4) is 0 Å². The number of halogens is 2. The molecule has 106 valence electrons. The van der Waals surface area contributed by atoms with E-state index in [1.807, 2.05) is 0 Å². The minimum atomic E-state index is -0.387.